The molecule has 1 unspecified atom stereocenters. The van der Waals surface area contributed by atoms with Crippen molar-refractivity contribution in [3.05, 3.63) is 86.1 Å². The van der Waals surface area contributed by atoms with Crippen molar-refractivity contribution in [1.29, 1.82) is 0 Å². The van der Waals surface area contributed by atoms with Crippen molar-refractivity contribution in [2.75, 3.05) is 0 Å². The zero-order valence-electron chi connectivity index (χ0n) is 18.3. The van der Waals surface area contributed by atoms with Gasteiger partial charge in [-0.2, -0.15) is 0 Å². The average Bonchev–Trinajstić information content (AvgIpc) is 3.31. The molecule has 0 saturated carbocycles. The largest absolute Gasteiger partial charge is 0.341 e. The maximum atomic E-state index is 13.2. The summed E-state index contributed by atoms with van der Waals surface area (Å²) >= 11 is 0. The Bertz CT molecular complexity index is 1420. The molecular weight excluding hydrogens is 394 g/mol. The number of benzene rings is 1. The van der Waals surface area contributed by atoms with Crippen LogP contribution in [0.2, 0.25) is 0 Å². The SMILES string of the molecule is Cc1cc(C(=O)Cn2cnc3c2c(=O)n(C)c(=O)n3C)c(C)n1C(C)c1ccccc1. The maximum Gasteiger partial charge on any atom is 0.332 e. The zero-order chi connectivity index (χ0) is 22.4. The predicted molar refractivity (Wildman–Crippen MR) is 119 cm³/mol. The fourth-order valence-corrected chi connectivity index (χ4v) is 4.29. The fraction of sp³-hybridized carbons (Fsp3) is 0.304. The molecule has 31 heavy (non-hydrogen) atoms. The van der Waals surface area contributed by atoms with Crippen LogP contribution >= 0.6 is 0 Å². The van der Waals surface area contributed by atoms with Gasteiger partial charge in [-0.15, -0.1) is 0 Å². The molecule has 1 atom stereocenters. The molecular formula is C23H25N5O3. The van der Waals surface area contributed by atoms with Crippen molar-refractivity contribution in [1.82, 2.24) is 23.3 Å². The van der Waals surface area contributed by atoms with E-state index in [-0.39, 0.29) is 29.5 Å². The molecule has 0 saturated heterocycles. The van der Waals surface area contributed by atoms with Crippen LogP contribution in [0.1, 0.15) is 40.3 Å². The van der Waals surface area contributed by atoms with Crippen molar-refractivity contribution in [2.24, 2.45) is 14.1 Å². The number of carbonyl (C=O) groups is 1. The number of aromatic nitrogens is 5. The van der Waals surface area contributed by atoms with Gasteiger partial charge < -0.3 is 9.13 Å². The summed E-state index contributed by atoms with van der Waals surface area (Å²) < 4.78 is 6.01. The monoisotopic (exact) mass is 419 g/mol. The Morgan fingerprint density at radius 2 is 1.74 bits per heavy atom. The summed E-state index contributed by atoms with van der Waals surface area (Å²) in [5, 5.41) is 0. The Kier molecular flexibility index (Phi) is 5.00. The van der Waals surface area contributed by atoms with Crippen molar-refractivity contribution < 1.29 is 4.79 Å². The minimum Gasteiger partial charge on any atom is -0.341 e. The normalized spacial score (nSPS) is 12.4. The predicted octanol–water partition coefficient (Wildman–Crippen LogP) is 2.34. The molecule has 0 radical (unpaired) electrons. The van der Waals surface area contributed by atoms with E-state index in [9.17, 15) is 14.4 Å². The first kappa shape index (κ1) is 20.6. The van der Waals surface area contributed by atoms with E-state index >= 15 is 0 Å². The second-order valence-electron chi connectivity index (χ2n) is 7.92. The number of hydrogen-bond donors (Lipinski definition) is 0. The molecule has 0 fully saturated rings. The summed E-state index contributed by atoms with van der Waals surface area (Å²) in [5.74, 6) is -0.116. The first-order chi connectivity index (χ1) is 14.7. The van der Waals surface area contributed by atoms with Crippen molar-refractivity contribution >= 4 is 16.9 Å². The maximum absolute atomic E-state index is 13.2. The standard InChI is InChI=1S/C23H25N5O3/c1-14-11-18(16(3)28(14)15(2)17-9-7-6-8-10-17)19(29)12-27-13-24-21-20(27)22(30)26(5)23(31)25(21)4/h6-11,13,15H,12H2,1-5H3. The molecule has 1 aromatic carbocycles. The molecule has 0 aliphatic heterocycles. The van der Waals surface area contributed by atoms with Crippen LogP contribution in [0.25, 0.3) is 11.2 Å². The third kappa shape index (κ3) is 3.24. The smallest absolute Gasteiger partial charge is 0.332 e. The zero-order valence-corrected chi connectivity index (χ0v) is 18.3. The molecule has 3 heterocycles. The number of nitrogens with zero attached hydrogens (tertiary/aromatic N) is 5. The van der Waals surface area contributed by atoms with E-state index in [0.717, 1.165) is 21.5 Å². The lowest BCUT2D eigenvalue weighted by atomic mass is 10.1. The Labute approximate surface area is 179 Å². The number of Topliss-reactive ketones (excluding diaryl/α,β-unsaturated/α-hetero) is 1. The summed E-state index contributed by atoms with van der Waals surface area (Å²) in [6.45, 7) is 6.00. The summed E-state index contributed by atoms with van der Waals surface area (Å²) in [7, 11) is 2.98. The molecule has 0 bridgehead atoms. The molecule has 4 aromatic rings. The lowest BCUT2D eigenvalue weighted by Crippen LogP contribution is -2.37. The molecule has 0 aliphatic carbocycles. The molecule has 0 N–H and O–H groups in total. The topological polar surface area (TPSA) is 83.8 Å². The highest BCUT2D eigenvalue weighted by atomic mass is 16.2. The summed E-state index contributed by atoms with van der Waals surface area (Å²) in [6, 6.07) is 12.1. The average molecular weight is 419 g/mol. The van der Waals surface area contributed by atoms with Gasteiger partial charge >= 0.3 is 5.69 Å². The van der Waals surface area contributed by atoms with Crippen LogP contribution < -0.4 is 11.2 Å². The number of rotatable bonds is 5. The van der Waals surface area contributed by atoms with E-state index in [0.29, 0.717) is 5.56 Å². The number of fused-ring (bicyclic) bond motifs is 1. The molecule has 8 heteroatoms. The van der Waals surface area contributed by atoms with E-state index in [2.05, 4.69) is 28.6 Å². The molecule has 3 aromatic heterocycles. The van der Waals surface area contributed by atoms with E-state index in [1.807, 2.05) is 38.1 Å². The number of aryl methyl sites for hydroxylation is 2. The van der Waals surface area contributed by atoms with Gasteiger partial charge in [0.05, 0.1) is 18.9 Å². The van der Waals surface area contributed by atoms with E-state index in [1.54, 1.807) is 7.05 Å². The number of carbonyl (C=O) groups excluding carboxylic acids is 1. The first-order valence-electron chi connectivity index (χ1n) is 10.1. The van der Waals surface area contributed by atoms with Crippen LogP contribution in [0.5, 0.6) is 0 Å². The number of hydrogen-bond acceptors (Lipinski definition) is 4. The molecule has 0 amide bonds. The van der Waals surface area contributed by atoms with Crippen LogP contribution in [0, 0.1) is 13.8 Å². The Morgan fingerprint density at radius 3 is 2.42 bits per heavy atom. The number of imidazole rings is 1. The van der Waals surface area contributed by atoms with Gasteiger partial charge in [0.25, 0.3) is 5.56 Å². The summed E-state index contributed by atoms with van der Waals surface area (Å²) in [6.07, 6.45) is 1.44. The van der Waals surface area contributed by atoms with Gasteiger partial charge in [0, 0.05) is 31.0 Å². The highest BCUT2D eigenvalue weighted by Crippen LogP contribution is 2.26. The first-order valence-corrected chi connectivity index (χ1v) is 10.1. The van der Waals surface area contributed by atoms with Gasteiger partial charge in [0.1, 0.15) is 0 Å². The van der Waals surface area contributed by atoms with Crippen LogP contribution in [0.4, 0.5) is 0 Å². The molecule has 0 aliphatic rings. The Balaban J connectivity index is 1.73. The quantitative estimate of drug-likeness (QED) is 0.465. The van der Waals surface area contributed by atoms with Crippen LogP contribution in [0.3, 0.4) is 0 Å². The van der Waals surface area contributed by atoms with Gasteiger partial charge in [-0.25, -0.2) is 9.78 Å². The van der Waals surface area contributed by atoms with Crippen molar-refractivity contribution in [3.63, 3.8) is 0 Å². The third-order valence-electron chi connectivity index (χ3n) is 5.99. The van der Waals surface area contributed by atoms with Gasteiger partial charge in [0.15, 0.2) is 16.9 Å². The van der Waals surface area contributed by atoms with Gasteiger partial charge in [-0.1, -0.05) is 30.3 Å². The molecule has 0 spiro atoms. The summed E-state index contributed by atoms with van der Waals surface area (Å²) in [5.41, 5.74) is 3.24. The second-order valence-corrected chi connectivity index (χ2v) is 7.92. The minimum atomic E-state index is -0.466. The molecule has 8 nitrogen and oxygen atoms in total. The minimum absolute atomic E-state index is 0.0338. The van der Waals surface area contributed by atoms with E-state index in [1.165, 1.54) is 22.5 Å². The van der Waals surface area contributed by atoms with Crippen LogP contribution in [-0.2, 0) is 20.6 Å². The lowest BCUT2D eigenvalue weighted by molar-refractivity contribution is 0.0972. The van der Waals surface area contributed by atoms with Crippen LogP contribution in [0.15, 0.2) is 52.3 Å². The van der Waals surface area contributed by atoms with E-state index < -0.39 is 11.2 Å². The van der Waals surface area contributed by atoms with E-state index in [4.69, 9.17) is 0 Å². The van der Waals surface area contributed by atoms with Crippen LogP contribution in [-0.4, -0.2) is 29.0 Å². The molecule has 4 rings (SSSR count). The van der Waals surface area contributed by atoms with Gasteiger partial charge in [-0.3, -0.25) is 18.7 Å². The van der Waals surface area contributed by atoms with Gasteiger partial charge in [-0.05, 0) is 32.4 Å². The second kappa shape index (κ2) is 7.54. The Morgan fingerprint density at radius 1 is 1.06 bits per heavy atom. The Hall–Kier alpha value is -3.68. The van der Waals surface area contributed by atoms with Gasteiger partial charge in [0.2, 0.25) is 0 Å². The fourth-order valence-electron chi connectivity index (χ4n) is 4.29. The van der Waals surface area contributed by atoms with Crippen molar-refractivity contribution in [3.8, 4) is 0 Å². The molecule has 160 valence electrons. The van der Waals surface area contributed by atoms with Crippen molar-refractivity contribution in [2.45, 2.75) is 33.4 Å². The lowest BCUT2D eigenvalue weighted by Gasteiger charge is -2.19. The third-order valence-corrected chi connectivity index (χ3v) is 5.99. The highest BCUT2D eigenvalue weighted by molar-refractivity contribution is 5.98. The summed E-state index contributed by atoms with van der Waals surface area (Å²) in [4.78, 5) is 42.2. The highest BCUT2D eigenvalue weighted by Gasteiger charge is 2.22. The number of ketones is 1.